The molecule has 0 aromatic rings. The molecule has 1 rings (SSSR count). The highest BCUT2D eigenvalue weighted by Crippen LogP contribution is 2.27. The van der Waals surface area contributed by atoms with Gasteiger partial charge in [0.1, 0.15) is 0 Å². The highest BCUT2D eigenvalue weighted by Gasteiger charge is 2.34. The van der Waals surface area contributed by atoms with E-state index in [1.165, 1.54) is 12.8 Å². The summed E-state index contributed by atoms with van der Waals surface area (Å²) in [6, 6.07) is 2.21. The summed E-state index contributed by atoms with van der Waals surface area (Å²) in [4.78, 5) is 2.49. The van der Waals surface area contributed by atoms with E-state index in [0.717, 1.165) is 12.1 Å². The molecule has 0 bridgehead atoms. The van der Waals surface area contributed by atoms with Gasteiger partial charge in [-0.25, -0.2) is 0 Å². The smallest absolute Gasteiger partial charge is 0.0124 e. The van der Waals surface area contributed by atoms with E-state index in [1.807, 2.05) is 0 Å². The molecule has 1 fully saturated rings. The lowest BCUT2D eigenvalue weighted by molar-refractivity contribution is 0.0841. The molecule has 0 heterocycles. The third-order valence-electron chi connectivity index (χ3n) is 3.14. The van der Waals surface area contributed by atoms with Gasteiger partial charge in [0.2, 0.25) is 0 Å². The van der Waals surface area contributed by atoms with E-state index in [2.05, 4.69) is 51.9 Å². The minimum Gasteiger partial charge on any atom is -0.309 e. The van der Waals surface area contributed by atoms with Gasteiger partial charge in [0.15, 0.2) is 0 Å². The molecule has 84 valence electrons. The van der Waals surface area contributed by atoms with Gasteiger partial charge in [0.25, 0.3) is 0 Å². The Morgan fingerprint density at radius 3 is 2.07 bits per heavy atom. The first-order valence-corrected chi connectivity index (χ1v) is 5.79. The predicted octanol–water partition coefficient (Wildman–Crippen LogP) is 2.25. The molecule has 0 spiro atoms. The second kappa shape index (κ2) is 4.19. The number of hydrogen-bond donors (Lipinski definition) is 1. The molecule has 0 aromatic carbocycles. The van der Waals surface area contributed by atoms with Gasteiger partial charge in [-0.05, 0) is 54.5 Å². The van der Waals surface area contributed by atoms with Crippen molar-refractivity contribution in [1.82, 2.24) is 10.2 Å². The lowest BCUT2D eigenvalue weighted by Gasteiger charge is -2.45. The number of nitrogens with zero attached hydrogens (tertiary/aromatic N) is 1. The van der Waals surface area contributed by atoms with Crippen molar-refractivity contribution < 1.29 is 0 Å². The van der Waals surface area contributed by atoms with E-state index in [0.29, 0.717) is 6.04 Å². The third kappa shape index (κ3) is 3.25. The maximum absolute atomic E-state index is 3.65. The van der Waals surface area contributed by atoms with Crippen molar-refractivity contribution in [2.75, 3.05) is 7.05 Å². The lowest BCUT2D eigenvalue weighted by atomic mass is 9.83. The average molecular weight is 198 g/mol. The van der Waals surface area contributed by atoms with E-state index >= 15 is 0 Å². The highest BCUT2D eigenvalue weighted by atomic mass is 15.2. The number of hydrogen-bond acceptors (Lipinski definition) is 2. The molecule has 0 atom stereocenters. The zero-order valence-corrected chi connectivity index (χ0v) is 10.6. The van der Waals surface area contributed by atoms with Crippen LogP contribution >= 0.6 is 0 Å². The standard InChI is InChI=1S/C12H26N2/c1-9(2)14(6)11-7-10(8-11)13-12(3,4)5/h9-11,13H,7-8H2,1-6H3/t10-,11+. The van der Waals surface area contributed by atoms with E-state index in [9.17, 15) is 0 Å². The molecule has 1 aliphatic carbocycles. The van der Waals surface area contributed by atoms with Gasteiger partial charge in [-0.15, -0.1) is 0 Å². The van der Waals surface area contributed by atoms with Gasteiger partial charge in [-0.1, -0.05) is 0 Å². The molecule has 14 heavy (non-hydrogen) atoms. The summed E-state index contributed by atoms with van der Waals surface area (Å²) in [6.45, 7) is 11.3. The fourth-order valence-electron chi connectivity index (χ4n) is 2.07. The Kier molecular flexibility index (Phi) is 3.59. The molecule has 1 aliphatic rings. The Balaban J connectivity index is 2.24. The van der Waals surface area contributed by atoms with E-state index < -0.39 is 0 Å². The molecule has 0 amide bonds. The van der Waals surface area contributed by atoms with E-state index in [4.69, 9.17) is 0 Å². The fourth-order valence-corrected chi connectivity index (χ4v) is 2.07. The summed E-state index contributed by atoms with van der Waals surface area (Å²) < 4.78 is 0. The Labute approximate surface area is 89.1 Å². The molecule has 2 heteroatoms. The fraction of sp³-hybridized carbons (Fsp3) is 1.00. The van der Waals surface area contributed by atoms with Crippen molar-refractivity contribution in [3.05, 3.63) is 0 Å². The average Bonchev–Trinajstić information content (AvgIpc) is 1.92. The molecular formula is C12H26N2. The van der Waals surface area contributed by atoms with Crippen LogP contribution in [0, 0.1) is 0 Å². The van der Waals surface area contributed by atoms with Crippen LogP contribution < -0.4 is 5.32 Å². The van der Waals surface area contributed by atoms with Gasteiger partial charge in [-0.3, -0.25) is 0 Å². The van der Waals surface area contributed by atoms with Gasteiger partial charge < -0.3 is 10.2 Å². The highest BCUT2D eigenvalue weighted by molar-refractivity contribution is 4.94. The van der Waals surface area contributed by atoms with Crippen LogP contribution in [0.25, 0.3) is 0 Å². The Morgan fingerprint density at radius 2 is 1.71 bits per heavy atom. The van der Waals surface area contributed by atoms with Crippen LogP contribution in [0.5, 0.6) is 0 Å². The van der Waals surface area contributed by atoms with Crippen LogP contribution in [0.1, 0.15) is 47.5 Å². The van der Waals surface area contributed by atoms with Crippen LogP contribution in [-0.2, 0) is 0 Å². The monoisotopic (exact) mass is 198 g/mol. The van der Waals surface area contributed by atoms with Crippen molar-refractivity contribution >= 4 is 0 Å². The van der Waals surface area contributed by atoms with E-state index in [1.54, 1.807) is 0 Å². The van der Waals surface area contributed by atoms with Crippen LogP contribution in [0.2, 0.25) is 0 Å². The van der Waals surface area contributed by atoms with Crippen molar-refractivity contribution in [3.63, 3.8) is 0 Å². The topological polar surface area (TPSA) is 15.3 Å². The van der Waals surface area contributed by atoms with Gasteiger partial charge >= 0.3 is 0 Å². The van der Waals surface area contributed by atoms with Gasteiger partial charge in [-0.2, -0.15) is 0 Å². The molecule has 0 aliphatic heterocycles. The summed E-state index contributed by atoms with van der Waals surface area (Å²) in [5.41, 5.74) is 0.270. The second-order valence-corrected chi connectivity index (χ2v) is 5.98. The minimum atomic E-state index is 0.270. The Hall–Kier alpha value is -0.0800. The summed E-state index contributed by atoms with van der Waals surface area (Å²) >= 11 is 0. The van der Waals surface area contributed by atoms with Crippen LogP contribution in [-0.4, -0.2) is 35.6 Å². The molecule has 0 unspecified atom stereocenters. The number of rotatable bonds is 3. The lowest BCUT2D eigenvalue weighted by Crippen LogP contribution is -2.57. The maximum Gasteiger partial charge on any atom is 0.0124 e. The predicted molar refractivity (Wildman–Crippen MR) is 62.6 cm³/mol. The first-order chi connectivity index (χ1) is 6.29. The van der Waals surface area contributed by atoms with E-state index in [-0.39, 0.29) is 5.54 Å². The number of nitrogens with one attached hydrogen (secondary N) is 1. The molecule has 1 N–H and O–H groups in total. The largest absolute Gasteiger partial charge is 0.309 e. The molecule has 0 radical (unpaired) electrons. The quantitative estimate of drug-likeness (QED) is 0.748. The molecule has 2 nitrogen and oxygen atoms in total. The first-order valence-electron chi connectivity index (χ1n) is 5.79. The van der Waals surface area contributed by atoms with Crippen LogP contribution in [0.4, 0.5) is 0 Å². The Morgan fingerprint density at radius 1 is 1.21 bits per heavy atom. The van der Waals surface area contributed by atoms with Gasteiger partial charge in [0.05, 0.1) is 0 Å². The first kappa shape index (κ1) is 12.0. The van der Waals surface area contributed by atoms with Crippen LogP contribution in [0.15, 0.2) is 0 Å². The van der Waals surface area contributed by atoms with Crippen molar-refractivity contribution in [1.29, 1.82) is 0 Å². The molecule has 1 saturated carbocycles. The summed E-state index contributed by atoms with van der Waals surface area (Å²) in [7, 11) is 2.24. The van der Waals surface area contributed by atoms with Gasteiger partial charge in [0, 0.05) is 23.7 Å². The Bertz CT molecular complexity index is 175. The summed E-state index contributed by atoms with van der Waals surface area (Å²) in [5.74, 6) is 0. The van der Waals surface area contributed by atoms with Crippen molar-refractivity contribution in [2.45, 2.75) is 71.1 Å². The zero-order valence-electron chi connectivity index (χ0n) is 10.6. The summed E-state index contributed by atoms with van der Waals surface area (Å²) in [6.07, 6.45) is 2.62. The normalized spacial score (nSPS) is 28.3. The minimum absolute atomic E-state index is 0.270. The zero-order chi connectivity index (χ0) is 10.9. The summed E-state index contributed by atoms with van der Waals surface area (Å²) in [5, 5.41) is 3.65. The third-order valence-corrected chi connectivity index (χ3v) is 3.14. The van der Waals surface area contributed by atoms with Crippen molar-refractivity contribution in [3.8, 4) is 0 Å². The van der Waals surface area contributed by atoms with Crippen LogP contribution in [0.3, 0.4) is 0 Å². The second-order valence-electron chi connectivity index (χ2n) is 5.98. The molecular weight excluding hydrogens is 172 g/mol. The molecule has 0 aromatic heterocycles. The molecule has 0 saturated heterocycles. The maximum atomic E-state index is 3.65. The SMILES string of the molecule is CC(C)N(C)[C@H]1C[C@@H](NC(C)(C)C)C1. The van der Waals surface area contributed by atoms with Crippen molar-refractivity contribution in [2.24, 2.45) is 0 Å².